The van der Waals surface area contributed by atoms with Gasteiger partial charge in [0.2, 0.25) is 0 Å². The Kier molecular flexibility index (Phi) is 3.52. The molecule has 0 spiro atoms. The average Bonchev–Trinajstić information content (AvgIpc) is 1.61. The molecule has 0 saturated heterocycles. The van der Waals surface area contributed by atoms with Crippen molar-refractivity contribution >= 4 is 10.9 Å². The molecular weight excluding hydrogens is 120 g/mol. The second-order valence-electron chi connectivity index (χ2n) is 1.85. The van der Waals surface area contributed by atoms with E-state index in [0.717, 1.165) is 0 Å². The van der Waals surface area contributed by atoms with Crippen LogP contribution in [0.3, 0.4) is 0 Å². The van der Waals surface area contributed by atoms with Crippen LogP contribution in [-0.4, -0.2) is 6.26 Å². The van der Waals surface area contributed by atoms with Crippen LogP contribution in [0, 0.1) is 4.78 Å². The lowest BCUT2D eigenvalue weighted by Crippen LogP contribution is -2.05. The molecule has 0 aromatic rings. The van der Waals surface area contributed by atoms with E-state index in [1.807, 2.05) is 26.3 Å². The zero-order valence-corrected chi connectivity index (χ0v) is 6.30. The van der Waals surface area contributed by atoms with Crippen LogP contribution >= 0.6 is 0 Å². The summed E-state index contributed by atoms with van der Waals surface area (Å²) in [5.41, 5.74) is 1.21. The Hall–Kier alpha value is -0.310. The maximum absolute atomic E-state index is 7.04. The van der Waals surface area contributed by atoms with E-state index in [0.29, 0.717) is 0 Å². The van der Waals surface area contributed by atoms with Crippen molar-refractivity contribution in [2.75, 3.05) is 6.26 Å². The molecule has 2 nitrogen and oxygen atoms in total. The molecule has 8 heavy (non-hydrogen) atoms. The van der Waals surface area contributed by atoms with Gasteiger partial charge in [-0.25, -0.2) is 0 Å². The first-order valence-corrected chi connectivity index (χ1v) is 4.03. The normalized spacial score (nSPS) is 12.4. The molecule has 0 aromatic heterocycles. The highest BCUT2D eigenvalue weighted by molar-refractivity contribution is 7.83. The molecule has 3 heteroatoms. The highest BCUT2D eigenvalue weighted by Crippen LogP contribution is 1.83. The maximum Gasteiger partial charge on any atom is 0.0112 e. The standard InChI is InChI=1S/C5H12N2S/c1-5(2)4-7-8(3)6/h4H,1-3H3,(H2,6,7). The summed E-state index contributed by atoms with van der Waals surface area (Å²) < 4.78 is 9.92. The first-order chi connectivity index (χ1) is 3.63. The lowest BCUT2D eigenvalue weighted by molar-refractivity contribution is 1.26. The van der Waals surface area contributed by atoms with E-state index >= 15 is 0 Å². The summed E-state index contributed by atoms with van der Waals surface area (Å²) >= 11 is 0. The summed E-state index contributed by atoms with van der Waals surface area (Å²) in [6.45, 7) is 4.00. The molecule has 0 aliphatic rings. The van der Waals surface area contributed by atoms with E-state index in [1.54, 1.807) is 0 Å². The van der Waals surface area contributed by atoms with Gasteiger partial charge in [0.05, 0.1) is 0 Å². The third-order valence-corrected chi connectivity index (χ3v) is 0.996. The van der Waals surface area contributed by atoms with Crippen molar-refractivity contribution in [2.24, 2.45) is 0 Å². The first kappa shape index (κ1) is 7.69. The van der Waals surface area contributed by atoms with E-state index in [1.165, 1.54) is 5.57 Å². The molecule has 0 heterocycles. The molecule has 0 aromatic carbocycles. The summed E-state index contributed by atoms with van der Waals surface area (Å²) in [4.78, 5) is 0. The fraction of sp³-hybridized carbons (Fsp3) is 0.600. The zero-order valence-electron chi connectivity index (χ0n) is 5.49. The molecule has 0 amide bonds. The van der Waals surface area contributed by atoms with Crippen molar-refractivity contribution in [1.82, 2.24) is 4.72 Å². The van der Waals surface area contributed by atoms with Crippen molar-refractivity contribution < 1.29 is 0 Å². The molecule has 0 bridgehead atoms. The average molecular weight is 132 g/mol. The van der Waals surface area contributed by atoms with Gasteiger partial charge in [-0.3, -0.25) is 4.78 Å². The highest BCUT2D eigenvalue weighted by atomic mass is 32.2. The molecule has 0 saturated carbocycles. The highest BCUT2D eigenvalue weighted by Gasteiger charge is 1.75. The second kappa shape index (κ2) is 3.66. The van der Waals surface area contributed by atoms with Gasteiger partial charge >= 0.3 is 0 Å². The van der Waals surface area contributed by atoms with Crippen LogP contribution in [0.15, 0.2) is 11.8 Å². The Bertz CT molecular complexity index is 114. The molecule has 0 radical (unpaired) electrons. The lowest BCUT2D eigenvalue weighted by Gasteiger charge is -1.95. The van der Waals surface area contributed by atoms with Crippen LogP contribution in [0.1, 0.15) is 13.8 Å². The maximum atomic E-state index is 7.04. The predicted molar refractivity (Wildman–Crippen MR) is 38.6 cm³/mol. The fourth-order valence-corrected chi connectivity index (χ4v) is 0.619. The number of nitrogens with one attached hydrogen (secondary N) is 2. The molecule has 48 valence electrons. The van der Waals surface area contributed by atoms with Gasteiger partial charge in [-0.1, -0.05) is 5.57 Å². The quantitative estimate of drug-likeness (QED) is 0.585. The molecular formula is C5H12N2S. The lowest BCUT2D eigenvalue weighted by atomic mass is 10.4. The van der Waals surface area contributed by atoms with Crippen molar-refractivity contribution in [1.29, 1.82) is 4.78 Å². The molecule has 0 rings (SSSR count). The zero-order chi connectivity index (χ0) is 6.57. The van der Waals surface area contributed by atoms with Gasteiger partial charge in [0.15, 0.2) is 0 Å². The van der Waals surface area contributed by atoms with Gasteiger partial charge < -0.3 is 4.72 Å². The molecule has 0 aliphatic carbocycles. The molecule has 0 aliphatic heterocycles. The summed E-state index contributed by atoms with van der Waals surface area (Å²) in [6, 6.07) is 0. The Balaban J connectivity index is 3.45. The Morgan fingerprint density at radius 1 is 1.62 bits per heavy atom. The summed E-state index contributed by atoms with van der Waals surface area (Å²) in [6.07, 6.45) is 3.68. The van der Waals surface area contributed by atoms with Crippen molar-refractivity contribution in [3.05, 3.63) is 11.8 Å². The molecule has 0 fully saturated rings. The van der Waals surface area contributed by atoms with Gasteiger partial charge in [-0.05, 0) is 24.7 Å². The first-order valence-electron chi connectivity index (χ1n) is 2.39. The summed E-state index contributed by atoms with van der Waals surface area (Å²) in [5.74, 6) is 0. The topological polar surface area (TPSA) is 35.9 Å². The van der Waals surface area contributed by atoms with Crippen LogP contribution in [0.4, 0.5) is 0 Å². The van der Waals surface area contributed by atoms with E-state index in [-0.39, 0.29) is 0 Å². The molecule has 1 unspecified atom stereocenters. The van der Waals surface area contributed by atoms with Crippen LogP contribution in [-0.2, 0) is 10.9 Å². The van der Waals surface area contributed by atoms with Crippen LogP contribution < -0.4 is 4.72 Å². The minimum atomic E-state index is -0.413. The van der Waals surface area contributed by atoms with Crippen molar-refractivity contribution in [2.45, 2.75) is 13.8 Å². The van der Waals surface area contributed by atoms with E-state index in [9.17, 15) is 0 Å². The van der Waals surface area contributed by atoms with Gasteiger partial charge in [0.1, 0.15) is 0 Å². The number of allylic oxidation sites excluding steroid dienone is 1. The SMILES string of the molecule is CC(C)=CNS(C)=N. The Labute approximate surface area is 53.0 Å². The third kappa shape index (κ3) is 5.69. The largest absolute Gasteiger partial charge is 0.329 e. The van der Waals surface area contributed by atoms with Gasteiger partial charge in [0, 0.05) is 12.5 Å². The number of rotatable bonds is 2. The van der Waals surface area contributed by atoms with Crippen LogP contribution in [0.25, 0.3) is 0 Å². The van der Waals surface area contributed by atoms with E-state index < -0.39 is 10.9 Å². The minimum absolute atomic E-state index is 0.413. The van der Waals surface area contributed by atoms with E-state index in [2.05, 4.69) is 4.72 Å². The van der Waals surface area contributed by atoms with Gasteiger partial charge in [-0.2, -0.15) is 0 Å². The Morgan fingerprint density at radius 2 is 2.12 bits per heavy atom. The smallest absolute Gasteiger partial charge is 0.0112 e. The van der Waals surface area contributed by atoms with Crippen molar-refractivity contribution in [3.63, 3.8) is 0 Å². The number of hydrogen-bond donors (Lipinski definition) is 2. The van der Waals surface area contributed by atoms with E-state index in [4.69, 9.17) is 4.78 Å². The summed E-state index contributed by atoms with van der Waals surface area (Å²) in [7, 11) is -0.413. The minimum Gasteiger partial charge on any atom is -0.329 e. The van der Waals surface area contributed by atoms with Crippen molar-refractivity contribution in [3.8, 4) is 0 Å². The predicted octanol–water partition coefficient (Wildman–Crippen LogP) is 1.43. The molecule has 1 atom stereocenters. The molecule has 2 N–H and O–H groups in total. The van der Waals surface area contributed by atoms with Gasteiger partial charge in [-0.15, -0.1) is 0 Å². The monoisotopic (exact) mass is 132 g/mol. The second-order valence-corrected chi connectivity index (χ2v) is 3.11. The van der Waals surface area contributed by atoms with Crippen LogP contribution in [0.5, 0.6) is 0 Å². The summed E-state index contributed by atoms with van der Waals surface area (Å²) in [5, 5.41) is 0. The third-order valence-electron chi connectivity index (χ3n) is 0.524. The number of hydrogen-bond acceptors (Lipinski definition) is 1. The fourth-order valence-electron chi connectivity index (χ4n) is 0.206. The Morgan fingerprint density at radius 3 is 2.25 bits per heavy atom. The van der Waals surface area contributed by atoms with Crippen LogP contribution in [0.2, 0.25) is 0 Å². The van der Waals surface area contributed by atoms with Gasteiger partial charge in [0.25, 0.3) is 0 Å².